The summed E-state index contributed by atoms with van der Waals surface area (Å²) in [6.07, 6.45) is 0.251. The highest BCUT2D eigenvalue weighted by Crippen LogP contribution is 2.12. The van der Waals surface area contributed by atoms with E-state index in [1.165, 1.54) is 37.4 Å². The van der Waals surface area contributed by atoms with Crippen molar-refractivity contribution in [3.63, 3.8) is 0 Å². The number of nitrogens with zero attached hydrogens (tertiary/aromatic N) is 2. The van der Waals surface area contributed by atoms with Crippen molar-refractivity contribution in [2.75, 3.05) is 5.32 Å². The van der Waals surface area contributed by atoms with Gasteiger partial charge in [-0.15, -0.1) is 0 Å². The summed E-state index contributed by atoms with van der Waals surface area (Å²) in [6, 6.07) is 12.4. The second kappa shape index (κ2) is 7.04. The number of esters is 1. The lowest BCUT2D eigenvalue weighted by molar-refractivity contribution is -0.123. The smallest absolute Gasteiger partial charge is 0.359 e. The minimum atomic E-state index is -1.05. The molecule has 3 rings (SSSR count). The molecule has 0 aliphatic rings. The van der Waals surface area contributed by atoms with Gasteiger partial charge < -0.3 is 10.1 Å². The number of para-hydroxylation sites is 2. The number of hydrogen-bond donors (Lipinski definition) is 1. The average molecular weight is 339 g/mol. The summed E-state index contributed by atoms with van der Waals surface area (Å²) in [4.78, 5) is 32.5. The Hall–Kier alpha value is -3.35. The number of halogens is 1. The molecule has 1 N–H and O–H groups in total. The number of amides is 1. The number of fused-ring (bicyclic) bond motifs is 1. The molecule has 0 fully saturated rings. The van der Waals surface area contributed by atoms with E-state index in [-0.39, 0.29) is 5.69 Å². The van der Waals surface area contributed by atoms with Crippen LogP contribution >= 0.6 is 0 Å². The molecule has 0 aliphatic carbocycles. The van der Waals surface area contributed by atoms with Gasteiger partial charge >= 0.3 is 5.97 Å². The molecule has 1 atom stereocenters. The van der Waals surface area contributed by atoms with Crippen LogP contribution in [0.3, 0.4) is 0 Å². The number of benzene rings is 2. The zero-order valence-corrected chi connectivity index (χ0v) is 13.3. The highest BCUT2D eigenvalue weighted by atomic mass is 19.1. The molecule has 0 radical (unpaired) electrons. The molecule has 0 bridgehead atoms. The Bertz CT molecular complexity index is 928. The quantitative estimate of drug-likeness (QED) is 0.739. The van der Waals surface area contributed by atoms with Crippen LogP contribution in [-0.4, -0.2) is 27.9 Å². The Kier molecular flexibility index (Phi) is 4.65. The highest BCUT2D eigenvalue weighted by Gasteiger charge is 2.20. The van der Waals surface area contributed by atoms with E-state index < -0.39 is 23.8 Å². The Labute approximate surface area is 142 Å². The van der Waals surface area contributed by atoms with Gasteiger partial charge in [-0.3, -0.25) is 9.78 Å². The first-order valence-corrected chi connectivity index (χ1v) is 7.52. The van der Waals surface area contributed by atoms with Crippen LogP contribution in [0.5, 0.6) is 0 Å². The molecular weight excluding hydrogens is 325 g/mol. The summed E-state index contributed by atoms with van der Waals surface area (Å²) in [7, 11) is 0. The number of nitrogens with one attached hydrogen (secondary N) is 1. The van der Waals surface area contributed by atoms with Crippen LogP contribution < -0.4 is 5.32 Å². The van der Waals surface area contributed by atoms with Crippen LogP contribution in [0, 0.1) is 5.82 Å². The minimum Gasteiger partial charge on any atom is -0.448 e. The zero-order valence-electron chi connectivity index (χ0n) is 13.3. The standard InChI is InChI=1S/C18H14FN3O3/c1-11(17(23)21-13-8-6-12(19)7-9-13)25-18(24)16-10-20-14-4-2-3-5-15(14)22-16/h2-11H,1H3,(H,21,23). The van der Waals surface area contributed by atoms with E-state index in [0.29, 0.717) is 16.7 Å². The van der Waals surface area contributed by atoms with Crippen molar-refractivity contribution >= 4 is 28.6 Å². The van der Waals surface area contributed by atoms with Gasteiger partial charge in [-0.1, -0.05) is 12.1 Å². The third-order valence-electron chi connectivity index (χ3n) is 3.42. The molecule has 0 aliphatic heterocycles. The maximum atomic E-state index is 12.9. The molecule has 7 heteroatoms. The third kappa shape index (κ3) is 3.95. The van der Waals surface area contributed by atoms with Gasteiger partial charge in [0.25, 0.3) is 5.91 Å². The maximum absolute atomic E-state index is 12.9. The van der Waals surface area contributed by atoms with Gasteiger partial charge in [0.05, 0.1) is 17.2 Å². The number of anilines is 1. The van der Waals surface area contributed by atoms with Crippen LogP contribution in [0.4, 0.5) is 10.1 Å². The number of carbonyl (C=O) groups is 2. The predicted octanol–water partition coefficient (Wildman–Crippen LogP) is 2.95. The first-order chi connectivity index (χ1) is 12.0. The van der Waals surface area contributed by atoms with Crippen LogP contribution in [0.2, 0.25) is 0 Å². The Morgan fingerprint density at radius 1 is 1.08 bits per heavy atom. The fourth-order valence-corrected chi connectivity index (χ4v) is 2.11. The summed E-state index contributed by atoms with van der Waals surface area (Å²) in [5, 5.41) is 2.54. The van der Waals surface area contributed by atoms with Crippen molar-refractivity contribution in [1.29, 1.82) is 0 Å². The van der Waals surface area contributed by atoms with E-state index in [4.69, 9.17) is 4.74 Å². The molecule has 25 heavy (non-hydrogen) atoms. The van der Waals surface area contributed by atoms with Crippen molar-refractivity contribution in [3.05, 3.63) is 66.2 Å². The van der Waals surface area contributed by atoms with Crippen molar-refractivity contribution in [2.45, 2.75) is 13.0 Å². The van der Waals surface area contributed by atoms with Gasteiger partial charge in [-0.05, 0) is 43.3 Å². The molecule has 1 amide bonds. The van der Waals surface area contributed by atoms with E-state index in [2.05, 4.69) is 15.3 Å². The van der Waals surface area contributed by atoms with Crippen LogP contribution in [0.1, 0.15) is 17.4 Å². The SMILES string of the molecule is CC(OC(=O)c1cnc2ccccc2n1)C(=O)Nc1ccc(F)cc1. The number of aromatic nitrogens is 2. The summed E-state index contributed by atoms with van der Waals surface area (Å²) in [5.74, 6) is -1.69. The second-order valence-electron chi connectivity index (χ2n) is 5.29. The number of ether oxygens (including phenoxy) is 1. The molecule has 6 nitrogen and oxygen atoms in total. The number of carbonyl (C=O) groups excluding carboxylic acids is 2. The zero-order chi connectivity index (χ0) is 17.8. The molecule has 3 aromatic rings. The number of hydrogen-bond acceptors (Lipinski definition) is 5. The Balaban J connectivity index is 1.66. The van der Waals surface area contributed by atoms with Crippen molar-refractivity contribution in [2.24, 2.45) is 0 Å². The van der Waals surface area contributed by atoms with E-state index in [9.17, 15) is 14.0 Å². The van der Waals surface area contributed by atoms with Gasteiger partial charge in [-0.25, -0.2) is 14.2 Å². The molecule has 1 aromatic heterocycles. The molecule has 0 saturated carbocycles. The Morgan fingerprint density at radius 2 is 1.76 bits per heavy atom. The largest absolute Gasteiger partial charge is 0.448 e. The average Bonchev–Trinajstić information content (AvgIpc) is 2.63. The Morgan fingerprint density at radius 3 is 2.48 bits per heavy atom. The molecule has 1 unspecified atom stereocenters. The van der Waals surface area contributed by atoms with Gasteiger partial charge in [-0.2, -0.15) is 0 Å². The van der Waals surface area contributed by atoms with Crippen LogP contribution in [0.15, 0.2) is 54.7 Å². The van der Waals surface area contributed by atoms with Gasteiger partial charge in [0.1, 0.15) is 5.82 Å². The lowest BCUT2D eigenvalue weighted by Crippen LogP contribution is -2.30. The van der Waals surface area contributed by atoms with Crippen molar-refractivity contribution < 1.29 is 18.7 Å². The molecule has 1 heterocycles. The first-order valence-electron chi connectivity index (χ1n) is 7.52. The van der Waals surface area contributed by atoms with Crippen LogP contribution in [0.25, 0.3) is 11.0 Å². The summed E-state index contributed by atoms with van der Waals surface area (Å²) < 4.78 is 18.0. The molecule has 2 aromatic carbocycles. The minimum absolute atomic E-state index is 0.0140. The normalized spacial score (nSPS) is 11.8. The van der Waals surface area contributed by atoms with Gasteiger partial charge in [0, 0.05) is 5.69 Å². The van der Waals surface area contributed by atoms with Crippen molar-refractivity contribution in [3.8, 4) is 0 Å². The summed E-state index contributed by atoms with van der Waals surface area (Å²) >= 11 is 0. The lowest BCUT2D eigenvalue weighted by Gasteiger charge is -2.13. The molecule has 0 saturated heterocycles. The van der Waals surface area contributed by atoms with E-state index in [1.54, 1.807) is 18.2 Å². The fourth-order valence-electron chi connectivity index (χ4n) is 2.11. The first kappa shape index (κ1) is 16.5. The van der Waals surface area contributed by atoms with E-state index >= 15 is 0 Å². The van der Waals surface area contributed by atoms with Crippen LogP contribution in [-0.2, 0) is 9.53 Å². The topological polar surface area (TPSA) is 81.2 Å². The molecular formula is C18H14FN3O3. The maximum Gasteiger partial charge on any atom is 0.359 e. The second-order valence-corrected chi connectivity index (χ2v) is 5.29. The van der Waals surface area contributed by atoms with E-state index in [1.807, 2.05) is 6.07 Å². The van der Waals surface area contributed by atoms with Gasteiger partial charge in [0.2, 0.25) is 0 Å². The predicted molar refractivity (Wildman–Crippen MR) is 89.4 cm³/mol. The van der Waals surface area contributed by atoms with Gasteiger partial charge in [0.15, 0.2) is 11.8 Å². The highest BCUT2D eigenvalue weighted by molar-refractivity contribution is 5.97. The summed E-state index contributed by atoms with van der Waals surface area (Å²) in [5.41, 5.74) is 1.63. The summed E-state index contributed by atoms with van der Waals surface area (Å²) in [6.45, 7) is 1.44. The number of rotatable bonds is 4. The lowest BCUT2D eigenvalue weighted by atomic mass is 10.3. The third-order valence-corrected chi connectivity index (χ3v) is 3.42. The monoisotopic (exact) mass is 339 g/mol. The van der Waals surface area contributed by atoms with Crippen molar-refractivity contribution in [1.82, 2.24) is 9.97 Å². The van der Waals surface area contributed by atoms with E-state index in [0.717, 1.165) is 0 Å². The molecule has 0 spiro atoms. The fraction of sp³-hybridized carbons (Fsp3) is 0.111. The molecule has 126 valence electrons.